The van der Waals surface area contributed by atoms with Gasteiger partial charge in [-0.15, -0.1) is 0 Å². The van der Waals surface area contributed by atoms with Crippen LogP contribution in [0.2, 0.25) is 0 Å². The van der Waals surface area contributed by atoms with Crippen LogP contribution in [0, 0.1) is 6.92 Å². The molecule has 116 valence electrons. The second-order valence-corrected chi connectivity index (χ2v) is 7.47. The van der Waals surface area contributed by atoms with Gasteiger partial charge in [0.25, 0.3) is 5.56 Å². The predicted molar refractivity (Wildman–Crippen MR) is 84.0 cm³/mol. The molecular weight excluding hydrogens is 300 g/mol. The monoisotopic (exact) mass is 318 g/mol. The second kappa shape index (κ2) is 5.37. The molecule has 0 atom stereocenters. The van der Waals surface area contributed by atoms with E-state index in [-0.39, 0.29) is 17.0 Å². The van der Waals surface area contributed by atoms with Gasteiger partial charge >= 0.3 is 0 Å². The summed E-state index contributed by atoms with van der Waals surface area (Å²) in [6.07, 6.45) is 1.77. The van der Waals surface area contributed by atoms with Crippen LogP contribution < -0.4 is 5.56 Å². The van der Waals surface area contributed by atoms with Crippen molar-refractivity contribution < 1.29 is 8.42 Å². The van der Waals surface area contributed by atoms with E-state index in [2.05, 4.69) is 0 Å². The average Bonchev–Trinajstić information content (AvgIpc) is 2.90. The third-order valence-electron chi connectivity index (χ3n) is 4.00. The Hall–Kier alpha value is -1.92. The van der Waals surface area contributed by atoms with Gasteiger partial charge in [-0.1, -0.05) is 17.7 Å². The number of benzene rings is 1. The van der Waals surface area contributed by atoms with E-state index in [1.54, 1.807) is 41.1 Å². The first-order chi connectivity index (χ1) is 10.4. The Labute approximate surface area is 129 Å². The molecule has 0 spiro atoms. The number of hydrogen-bond acceptors (Lipinski definition) is 3. The lowest BCUT2D eigenvalue weighted by molar-refractivity contribution is 0.431. The molecule has 0 saturated carbocycles. The lowest BCUT2D eigenvalue weighted by Gasteiger charge is -2.15. The van der Waals surface area contributed by atoms with Gasteiger partial charge in [-0.3, -0.25) is 4.79 Å². The summed E-state index contributed by atoms with van der Waals surface area (Å²) >= 11 is 0. The Kier molecular flexibility index (Phi) is 3.66. The molecule has 0 amide bonds. The maximum absolute atomic E-state index is 12.7. The van der Waals surface area contributed by atoms with E-state index in [0.29, 0.717) is 13.1 Å². The molecule has 1 aliphatic rings. The molecule has 1 aliphatic heterocycles. The van der Waals surface area contributed by atoms with E-state index in [1.165, 1.54) is 4.31 Å². The summed E-state index contributed by atoms with van der Waals surface area (Å²) in [5.74, 6) is 0. The average molecular weight is 318 g/mol. The first-order valence-electron chi connectivity index (χ1n) is 7.21. The van der Waals surface area contributed by atoms with Gasteiger partial charge < -0.3 is 4.57 Å². The van der Waals surface area contributed by atoms with Gasteiger partial charge in [-0.25, -0.2) is 8.42 Å². The number of sulfonamides is 1. The standard InChI is InChI=1S/C16H18N2O3S/c1-3-17-9-14-11-18(10-13(14)8-16(17)19)22(20,21)15-6-4-12(2)5-7-15/h4-9H,3,10-11H2,1-2H3. The fourth-order valence-corrected chi connectivity index (χ4v) is 4.06. The molecule has 5 nitrogen and oxygen atoms in total. The summed E-state index contributed by atoms with van der Waals surface area (Å²) in [6, 6.07) is 8.37. The van der Waals surface area contributed by atoms with Crippen molar-refractivity contribution in [3.05, 3.63) is 63.6 Å². The molecule has 3 rings (SSSR count). The Morgan fingerprint density at radius 1 is 1.09 bits per heavy atom. The minimum atomic E-state index is -3.53. The van der Waals surface area contributed by atoms with Crippen molar-refractivity contribution in [1.82, 2.24) is 8.87 Å². The molecule has 0 unspecified atom stereocenters. The maximum atomic E-state index is 12.7. The lowest BCUT2D eigenvalue weighted by atomic mass is 10.2. The van der Waals surface area contributed by atoms with Crippen LogP contribution in [0.5, 0.6) is 0 Å². The van der Waals surface area contributed by atoms with E-state index < -0.39 is 10.0 Å². The van der Waals surface area contributed by atoms with Crippen LogP contribution in [0.4, 0.5) is 0 Å². The van der Waals surface area contributed by atoms with E-state index in [9.17, 15) is 13.2 Å². The largest absolute Gasteiger partial charge is 0.315 e. The molecule has 0 N–H and O–H groups in total. The summed E-state index contributed by atoms with van der Waals surface area (Å²) < 4.78 is 28.4. The molecule has 22 heavy (non-hydrogen) atoms. The van der Waals surface area contributed by atoms with Crippen LogP contribution in [-0.2, 0) is 29.7 Å². The van der Waals surface area contributed by atoms with E-state index in [4.69, 9.17) is 0 Å². The van der Waals surface area contributed by atoms with Crippen LogP contribution >= 0.6 is 0 Å². The summed E-state index contributed by atoms with van der Waals surface area (Å²) in [5.41, 5.74) is 2.63. The summed E-state index contributed by atoms with van der Waals surface area (Å²) in [6.45, 7) is 4.96. The van der Waals surface area contributed by atoms with Gasteiger partial charge in [0.15, 0.2) is 0 Å². The summed E-state index contributed by atoms with van der Waals surface area (Å²) in [7, 11) is -3.53. The van der Waals surface area contributed by atoms with Crippen LogP contribution in [0.3, 0.4) is 0 Å². The first kappa shape index (κ1) is 15.0. The Bertz CT molecular complexity index is 867. The van der Waals surface area contributed by atoms with Crippen LogP contribution in [-0.4, -0.2) is 17.3 Å². The van der Waals surface area contributed by atoms with Crippen molar-refractivity contribution in [3.8, 4) is 0 Å². The van der Waals surface area contributed by atoms with Gasteiger partial charge in [0.2, 0.25) is 10.0 Å². The smallest absolute Gasteiger partial charge is 0.250 e. The van der Waals surface area contributed by atoms with Crippen molar-refractivity contribution in [1.29, 1.82) is 0 Å². The Balaban J connectivity index is 1.95. The van der Waals surface area contributed by atoms with Gasteiger partial charge in [0, 0.05) is 31.9 Å². The Morgan fingerprint density at radius 2 is 1.73 bits per heavy atom. The molecular formula is C16H18N2O3S. The number of nitrogens with zero attached hydrogens (tertiary/aromatic N) is 2. The summed E-state index contributed by atoms with van der Waals surface area (Å²) in [5, 5.41) is 0. The molecule has 6 heteroatoms. The minimum absolute atomic E-state index is 0.0872. The van der Waals surface area contributed by atoms with Crippen molar-refractivity contribution >= 4 is 10.0 Å². The van der Waals surface area contributed by atoms with Gasteiger partial charge in [0.1, 0.15) is 0 Å². The van der Waals surface area contributed by atoms with E-state index in [0.717, 1.165) is 16.7 Å². The number of hydrogen-bond donors (Lipinski definition) is 0. The molecule has 0 aliphatic carbocycles. The first-order valence-corrected chi connectivity index (χ1v) is 8.65. The molecule has 2 heterocycles. The highest BCUT2D eigenvalue weighted by molar-refractivity contribution is 7.89. The van der Waals surface area contributed by atoms with Crippen LogP contribution in [0.15, 0.2) is 46.2 Å². The zero-order valence-electron chi connectivity index (χ0n) is 12.6. The molecule has 0 saturated heterocycles. The lowest BCUT2D eigenvalue weighted by Crippen LogP contribution is -2.25. The fourth-order valence-electron chi connectivity index (χ4n) is 2.66. The highest BCUT2D eigenvalue weighted by atomic mass is 32.2. The molecule has 0 radical (unpaired) electrons. The zero-order chi connectivity index (χ0) is 15.9. The van der Waals surface area contributed by atoms with E-state index >= 15 is 0 Å². The summed E-state index contributed by atoms with van der Waals surface area (Å²) in [4.78, 5) is 12.2. The predicted octanol–water partition coefficient (Wildman–Crippen LogP) is 1.88. The van der Waals surface area contributed by atoms with E-state index in [1.807, 2.05) is 13.8 Å². The molecule has 0 bridgehead atoms. The van der Waals surface area contributed by atoms with Crippen molar-refractivity contribution in [2.45, 2.75) is 38.4 Å². The quantitative estimate of drug-likeness (QED) is 0.868. The van der Waals surface area contributed by atoms with Crippen molar-refractivity contribution in [2.24, 2.45) is 0 Å². The normalized spacial score (nSPS) is 15.0. The topological polar surface area (TPSA) is 59.4 Å². The maximum Gasteiger partial charge on any atom is 0.250 e. The Morgan fingerprint density at radius 3 is 2.36 bits per heavy atom. The van der Waals surface area contributed by atoms with Crippen LogP contribution in [0.1, 0.15) is 23.6 Å². The third-order valence-corrected chi connectivity index (χ3v) is 5.80. The highest BCUT2D eigenvalue weighted by Crippen LogP contribution is 2.27. The van der Waals surface area contributed by atoms with Crippen molar-refractivity contribution in [3.63, 3.8) is 0 Å². The van der Waals surface area contributed by atoms with Gasteiger partial charge in [-0.05, 0) is 37.1 Å². The number of pyridine rings is 1. The van der Waals surface area contributed by atoms with Gasteiger partial charge in [-0.2, -0.15) is 4.31 Å². The SMILES string of the molecule is CCn1cc2c(cc1=O)CN(S(=O)(=O)c1ccc(C)cc1)C2. The van der Waals surface area contributed by atoms with Crippen molar-refractivity contribution in [2.75, 3.05) is 0 Å². The molecule has 1 aromatic carbocycles. The zero-order valence-corrected chi connectivity index (χ0v) is 13.4. The number of fused-ring (bicyclic) bond motifs is 1. The number of aryl methyl sites for hydroxylation is 2. The second-order valence-electron chi connectivity index (χ2n) is 5.53. The molecule has 0 fully saturated rings. The third kappa shape index (κ3) is 2.48. The highest BCUT2D eigenvalue weighted by Gasteiger charge is 2.31. The number of rotatable bonds is 3. The van der Waals surface area contributed by atoms with Crippen LogP contribution in [0.25, 0.3) is 0 Å². The number of aromatic nitrogens is 1. The molecule has 1 aromatic heterocycles. The van der Waals surface area contributed by atoms with Gasteiger partial charge in [0.05, 0.1) is 4.90 Å². The minimum Gasteiger partial charge on any atom is -0.315 e. The fraction of sp³-hybridized carbons (Fsp3) is 0.312. The molecule has 2 aromatic rings.